The number of hydrogen-bond acceptors (Lipinski definition) is 2. The summed E-state index contributed by atoms with van der Waals surface area (Å²) in [5, 5.41) is 0.376. The molecule has 0 spiro atoms. The Labute approximate surface area is 132 Å². The van der Waals surface area contributed by atoms with Gasteiger partial charge in [0.15, 0.2) is 0 Å². The Morgan fingerprint density at radius 2 is 1.95 bits per heavy atom. The summed E-state index contributed by atoms with van der Waals surface area (Å²) in [4.78, 5) is 13.7. The zero-order valence-electron chi connectivity index (χ0n) is 11.6. The minimum absolute atomic E-state index is 0.0134. The first-order chi connectivity index (χ1) is 10.1. The van der Waals surface area contributed by atoms with Crippen molar-refractivity contribution in [1.82, 2.24) is 0 Å². The van der Waals surface area contributed by atoms with E-state index in [1.54, 1.807) is 24.1 Å². The van der Waals surface area contributed by atoms with Crippen LogP contribution in [0, 0.1) is 5.82 Å². The smallest absolute Gasteiger partial charge is 0.236 e. The van der Waals surface area contributed by atoms with Gasteiger partial charge in [0, 0.05) is 23.5 Å². The molecule has 0 fully saturated rings. The van der Waals surface area contributed by atoms with Crippen LogP contribution in [0.5, 0.6) is 0 Å². The largest absolute Gasteiger partial charge is 0.315 e. The molecule has 0 aliphatic carbocycles. The van der Waals surface area contributed by atoms with E-state index in [0.717, 1.165) is 5.69 Å². The van der Waals surface area contributed by atoms with Crippen LogP contribution in [0.2, 0.25) is 5.02 Å². The molecule has 0 N–H and O–H groups in total. The third-order valence-electron chi connectivity index (χ3n) is 3.02. The Balaban J connectivity index is 1.87. The van der Waals surface area contributed by atoms with Crippen LogP contribution in [0.1, 0.15) is 5.56 Å². The van der Waals surface area contributed by atoms with E-state index in [-0.39, 0.29) is 11.7 Å². The molecule has 0 saturated heterocycles. The van der Waals surface area contributed by atoms with Crippen LogP contribution < -0.4 is 4.90 Å². The molecule has 0 saturated carbocycles. The Kier molecular flexibility index (Phi) is 5.65. The van der Waals surface area contributed by atoms with Crippen LogP contribution in [-0.4, -0.2) is 18.7 Å². The van der Waals surface area contributed by atoms with Gasteiger partial charge in [0.25, 0.3) is 0 Å². The van der Waals surface area contributed by atoms with Gasteiger partial charge in [-0.15, -0.1) is 11.8 Å². The number of carbonyl (C=O) groups is 1. The van der Waals surface area contributed by atoms with E-state index in [9.17, 15) is 9.18 Å². The van der Waals surface area contributed by atoms with Gasteiger partial charge in [-0.2, -0.15) is 0 Å². The number of halogens is 2. The second-order valence-corrected chi connectivity index (χ2v) is 5.94. The maximum atomic E-state index is 13.6. The van der Waals surface area contributed by atoms with Gasteiger partial charge < -0.3 is 4.90 Å². The van der Waals surface area contributed by atoms with Gasteiger partial charge in [-0.3, -0.25) is 4.79 Å². The lowest BCUT2D eigenvalue weighted by molar-refractivity contribution is -0.115. The van der Waals surface area contributed by atoms with Crippen molar-refractivity contribution in [2.75, 3.05) is 17.7 Å². The molecule has 0 atom stereocenters. The number of para-hydroxylation sites is 1. The normalized spacial score (nSPS) is 10.4. The molecule has 0 bridgehead atoms. The standard InChI is InChI=1S/C16H15ClFNOS/c1-19(14-5-3-2-4-6-14)16(20)11-21-10-12-7-8-13(17)9-15(12)18/h2-9H,10-11H2,1H3. The monoisotopic (exact) mass is 323 g/mol. The first-order valence-electron chi connectivity index (χ1n) is 6.41. The predicted octanol–water partition coefficient (Wildman–Crippen LogP) is 4.38. The van der Waals surface area contributed by atoms with Crippen LogP contribution in [0.25, 0.3) is 0 Å². The van der Waals surface area contributed by atoms with E-state index >= 15 is 0 Å². The van der Waals surface area contributed by atoms with Crippen molar-refractivity contribution in [3.8, 4) is 0 Å². The molecule has 21 heavy (non-hydrogen) atoms. The summed E-state index contributed by atoms with van der Waals surface area (Å²) < 4.78 is 13.6. The molecule has 2 aromatic rings. The van der Waals surface area contributed by atoms with Crippen LogP contribution in [0.4, 0.5) is 10.1 Å². The van der Waals surface area contributed by atoms with Gasteiger partial charge >= 0.3 is 0 Å². The minimum atomic E-state index is -0.334. The van der Waals surface area contributed by atoms with Crippen LogP contribution in [-0.2, 0) is 10.5 Å². The molecule has 0 radical (unpaired) electrons. The zero-order chi connectivity index (χ0) is 15.2. The Bertz CT molecular complexity index is 621. The van der Waals surface area contributed by atoms with Gasteiger partial charge in [-0.1, -0.05) is 35.9 Å². The molecule has 110 valence electrons. The topological polar surface area (TPSA) is 20.3 Å². The third kappa shape index (κ3) is 4.48. The number of nitrogens with zero attached hydrogens (tertiary/aromatic N) is 1. The second-order valence-electron chi connectivity index (χ2n) is 4.52. The van der Waals surface area contributed by atoms with Crippen molar-refractivity contribution >= 4 is 35.0 Å². The third-order valence-corrected chi connectivity index (χ3v) is 4.22. The van der Waals surface area contributed by atoms with Gasteiger partial charge in [0.1, 0.15) is 5.82 Å². The fraction of sp³-hybridized carbons (Fsp3) is 0.188. The summed E-state index contributed by atoms with van der Waals surface area (Å²) in [6, 6.07) is 14.0. The van der Waals surface area contributed by atoms with Crippen molar-refractivity contribution in [2.24, 2.45) is 0 Å². The van der Waals surface area contributed by atoms with E-state index in [0.29, 0.717) is 22.1 Å². The molecule has 5 heteroatoms. The highest BCUT2D eigenvalue weighted by Crippen LogP contribution is 2.20. The van der Waals surface area contributed by atoms with E-state index in [1.165, 1.54) is 17.8 Å². The summed E-state index contributed by atoms with van der Waals surface area (Å²) in [5.41, 5.74) is 1.40. The lowest BCUT2D eigenvalue weighted by Gasteiger charge is -2.17. The second kappa shape index (κ2) is 7.48. The van der Waals surface area contributed by atoms with Crippen molar-refractivity contribution < 1.29 is 9.18 Å². The van der Waals surface area contributed by atoms with Crippen LogP contribution in [0.3, 0.4) is 0 Å². The number of amides is 1. The van der Waals surface area contributed by atoms with Gasteiger partial charge in [-0.25, -0.2) is 4.39 Å². The molecule has 2 nitrogen and oxygen atoms in total. The number of hydrogen-bond donors (Lipinski definition) is 0. The molecular formula is C16H15ClFNOS. The number of benzene rings is 2. The minimum Gasteiger partial charge on any atom is -0.315 e. The van der Waals surface area contributed by atoms with Gasteiger partial charge in [0.2, 0.25) is 5.91 Å². The van der Waals surface area contributed by atoms with Crippen molar-refractivity contribution in [3.05, 3.63) is 64.9 Å². The van der Waals surface area contributed by atoms with E-state index in [1.807, 2.05) is 30.3 Å². The van der Waals surface area contributed by atoms with Crippen LogP contribution >= 0.6 is 23.4 Å². The molecule has 0 aliphatic rings. The molecule has 2 rings (SSSR count). The zero-order valence-corrected chi connectivity index (χ0v) is 13.1. The number of rotatable bonds is 5. The van der Waals surface area contributed by atoms with Crippen LogP contribution in [0.15, 0.2) is 48.5 Å². The molecule has 1 amide bonds. The molecule has 0 heterocycles. The maximum Gasteiger partial charge on any atom is 0.236 e. The molecule has 0 unspecified atom stereocenters. The van der Waals surface area contributed by atoms with E-state index in [2.05, 4.69) is 0 Å². The lowest BCUT2D eigenvalue weighted by atomic mass is 10.2. The number of anilines is 1. The quantitative estimate of drug-likeness (QED) is 0.814. The first-order valence-corrected chi connectivity index (χ1v) is 7.94. The van der Waals surface area contributed by atoms with Gasteiger partial charge in [-0.05, 0) is 29.8 Å². The van der Waals surface area contributed by atoms with Crippen molar-refractivity contribution in [3.63, 3.8) is 0 Å². The maximum absolute atomic E-state index is 13.6. The highest BCUT2D eigenvalue weighted by atomic mass is 35.5. The molecule has 0 aliphatic heterocycles. The number of carbonyl (C=O) groups excluding carboxylic acids is 1. The fourth-order valence-electron chi connectivity index (χ4n) is 1.78. The average molecular weight is 324 g/mol. The summed E-state index contributed by atoms with van der Waals surface area (Å²) in [7, 11) is 1.74. The summed E-state index contributed by atoms with van der Waals surface area (Å²) >= 11 is 7.09. The molecular weight excluding hydrogens is 309 g/mol. The van der Waals surface area contributed by atoms with Crippen molar-refractivity contribution in [1.29, 1.82) is 0 Å². The summed E-state index contributed by atoms with van der Waals surface area (Å²) in [5.74, 6) is 0.393. The van der Waals surface area contributed by atoms with Gasteiger partial charge in [0.05, 0.1) is 5.75 Å². The van der Waals surface area contributed by atoms with E-state index < -0.39 is 0 Å². The molecule has 2 aromatic carbocycles. The first kappa shape index (κ1) is 15.9. The lowest BCUT2D eigenvalue weighted by Crippen LogP contribution is -2.27. The number of thioether (sulfide) groups is 1. The summed E-state index contributed by atoms with van der Waals surface area (Å²) in [6.45, 7) is 0. The highest BCUT2D eigenvalue weighted by Gasteiger charge is 2.11. The SMILES string of the molecule is CN(C(=O)CSCc1ccc(Cl)cc1F)c1ccccc1. The Hall–Kier alpha value is -1.52. The highest BCUT2D eigenvalue weighted by molar-refractivity contribution is 7.99. The summed E-state index contributed by atoms with van der Waals surface area (Å²) in [6.07, 6.45) is 0. The Morgan fingerprint density at radius 3 is 2.62 bits per heavy atom. The van der Waals surface area contributed by atoms with Crippen molar-refractivity contribution in [2.45, 2.75) is 5.75 Å². The predicted molar refractivity (Wildman–Crippen MR) is 87.4 cm³/mol. The Morgan fingerprint density at radius 1 is 1.24 bits per heavy atom. The molecule has 0 aromatic heterocycles. The fourth-order valence-corrected chi connectivity index (χ4v) is 2.86. The average Bonchev–Trinajstić information content (AvgIpc) is 2.49. The van der Waals surface area contributed by atoms with E-state index in [4.69, 9.17) is 11.6 Å².